The lowest BCUT2D eigenvalue weighted by Gasteiger charge is -1.95. The van der Waals surface area contributed by atoms with E-state index >= 15 is 0 Å². The van der Waals surface area contributed by atoms with Crippen LogP contribution in [0.3, 0.4) is 0 Å². The van der Waals surface area contributed by atoms with E-state index in [1.807, 2.05) is 19.2 Å². The monoisotopic (exact) mass is 214 g/mol. The van der Waals surface area contributed by atoms with E-state index < -0.39 is 0 Å². The first-order valence-electron chi connectivity index (χ1n) is 2.88. The Labute approximate surface area is 83.0 Å². The van der Waals surface area contributed by atoms with Gasteiger partial charge in [0.05, 0.1) is 10.7 Å². The Balaban J connectivity index is 0. The Hall–Kier alpha value is 0.170. The van der Waals surface area contributed by atoms with E-state index in [0.29, 0.717) is 0 Å². The molecule has 0 radical (unpaired) electrons. The second-order valence-corrected chi connectivity index (χ2v) is 3.14. The quantitative estimate of drug-likeness (QED) is 0.780. The van der Waals surface area contributed by atoms with Crippen LogP contribution in [-0.2, 0) is 0 Å². The van der Waals surface area contributed by atoms with E-state index in [4.69, 9.17) is 5.73 Å². The predicted octanol–water partition coefficient (Wildman–Crippen LogP) is 2.31. The topological polar surface area (TPSA) is 38.9 Å². The molecule has 0 aromatic carbocycles. The Morgan fingerprint density at radius 1 is 1.55 bits per heavy atom. The van der Waals surface area contributed by atoms with E-state index in [-0.39, 0.29) is 30.9 Å². The molecule has 11 heavy (non-hydrogen) atoms. The highest BCUT2D eigenvalue weighted by Gasteiger charge is 2.01. The summed E-state index contributed by atoms with van der Waals surface area (Å²) in [6.07, 6.45) is 0. The van der Waals surface area contributed by atoms with Crippen LogP contribution < -0.4 is 5.73 Å². The smallest absolute Gasteiger partial charge is 0.0898 e. The zero-order chi connectivity index (χ0) is 6.85. The first-order chi connectivity index (χ1) is 4.20. The number of aromatic nitrogens is 1. The zero-order valence-electron chi connectivity index (χ0n) is 6.40. The molecule has 0 bridgehead atoms. The number of hydrogen-bond acceptors (Lipinski definition) is 3. The summed E-state index contributed by atoms with van der Waals surface area (Å²) in [7, 11) is 0. The number of halogens is 2. The fourth-order valence-corrected chi connectivity index (χ4v) is 1.31. The summed E-state index contributed by atoms with van der Waals surface area (Å²) < 4.78 is 0. The average molecular weight is 215 g/mol. The van der Waals surface area contributed by atoms with Gasteiger partial charge in [-0.15, -0.1) is 36.2 Å². The summed E-state index contributed by atoms with van der Waals surface area (Å²) in [4.78, 5) is 4.20. The van der Waals surface area contributed by atoms with Gasteiger partial charge in [0.1, 0.15) is 0 Å². The molecule has 0 spiro atoms. The molecule has 0 saturated heterocycles. The molecular formula is C6H12Cl2N2S. The number of thiazole rings is 1. The van der Waals surface area contributed by atoms with Crippen LogP contribution in [0.5, 0.6) is 0 Å². The normalized spacial score (nSPS) is 11.2. The third-order valence-corrected chi connectivity index (χ3v) is 1.90. The van der Waals surface area contributed by atoms with Crippen molar-refractivity contribution in [1.82, 2.24) is 4.98 Å². The van der Waals surface area contributed by atoms with Crippen molar-refractivity contribution >= 4 is 36.2 Å². The molecule has 0 aliphatic carbocycles. The largest absolute Gasteiger partial charge is 0.323 e. The highest BCUT2D eigenvalue weighted by Crippen LogP contribution is 2.12. The van der Waals surface area contributed by atoms with Gasteiger partial charge in [-0.05, 0) is 13.8 Å². The van der Waals surface area contributed by atoms with Gasteiger partial charge >= 0.3 is 0 Å². The molecule has 0 unspecified atom stereocenters. The fourth-order valence-electron chi connectivity index (χ4n) is 0.589. The van der Waals surface area contributed by atoms with E-state index in [0.717, 1.165) is 10.7 Å². The number of nitrogens with zero attached hydrogens (tertiary/aromatic N) is 1. The predicted molar refractivity (Wildman–Crippen MR) is 53.9 cm³/mol. The van der Waals surface area contributed by atoms with Gasteiger partial charge in [0.25, 0.3) is 0 Å². The summed E-state index contributed by atoms with van der Waals surface area (Å²) in [6.45, 7) is 3.92. The van der Waals surface area contributed by atoms with Crippen LogP contribution in [0.15, 0.2) is 5.38 Å². The van der Waals surface area contributed by atoms with Crippen molar-refractivity contribution in [3.63, 3.8) is 0 Å². The molecule has 2 nitrogen and oxygen atoms in total. The van der Waals surface area contributed by atoms with E-state index in [2.05, 4.69) is 4.98 Å². The van der Waals surface area contributed by atoms with E-state index in [1.54, 1.807) is 11.3 Å². The minimum atomic E-state index is 0. The summed E-state index contributed by atoms with van der Waals surface area (Å²) in [5, 5.41) is 3.09. The third-order valence-electron chi connectivity index (χ3n) is 1.10. The van der Waals surface area contributed by atoms with Crippen molar-refractivity contribution < 1.29 is 0 Å². The van der Waals surface area contributed by atoms with Crippen LogP contribution >= 0.6 is 36.2 Å². The minimum absolute atomic E-state index is 0. The molecule has 66 valence electrons. The van der Waals surface area contributed by atoms with Crippen LogP contribution in [0.2, 0.25) is 0 Å². The summed E-state index contributed by atoms with van der Waals surface area (Å²) >= 11 is 1.64. The van der Waals surface area contributed by atoms with Crippen molar-refractivity contribution in [1.29, 1.82) is 0 Å². The molecule has 1 aromatic rings. The summed E-state index contributed by atoms with van der Waals surface area (Å²) in [6, 6.07) is 0.0787. The lowest BCUT2D eigenvalue weighted by Crippen LogP contribution is -2.04. The fraction of sp³-hybridized carbons (Fsp3) is 0.500. The molecule has 1 atom stereocenters. The molecule has 1 aromatic heterocycles. The molecular weight excluding hydrogens is 203 g/mol. The van der Waals surface area contributed by atoms with Gasteiger partial charge in [-0.2, -0.15) is 0 Å². The van der Waals surface area contributed by atoms with Crippen LogP contribution in [0.4, 0.5) is 0 Å². The Bertz CT molecular complexity index is 200. The van der Waals surface area contributed by atoms with Gasteiger partial charge in [0.2, 0.25) is 0 Å². The van der Waals surface area contributed by atoms with Gasteiger partial charge in [-0.1, -0.05) is 0 Å². The highest BCUT2D eigenvalue weighted by atomic mass is 35.5. The average Bonchev–Trinajstić information content (AvgIpc) is 2.14. The van der Waals surface area contributed by atoms with Crippen LogP contribution in [0.25, 0.3) is 0 Å². The number of nitrogens with two attached hydrogens (primary N) is 1. The van der Waals surface area contributed by atoms with Crippen LogP contribution in [0, 0.1) is 6.92 Å². The second kappa shape index (κ2) is 5.77. The number of hydrogen-bond donors (Lipinski definition) is 1. The molecule has 0 amide bonds. The van der Waals surface area contributed by atoms with Crippen LogP contribution in [-0.4, -0.2) is 4.98 Å². The maximum atomic E-state index is 5.57. The molecule has 0 aliphatic heterocycles. The Morgan fingerprint density at radius 3 is 2.27 bits per heavy atom. The lowest BCUT2D eigenvalue weighted by molar-refractivity contribution is 0.786. The van der Waals surface area contributed by atoms with Crippen molar-refractivity contribution in [3.05, 3.63) is 16.1 Å². The number of rotatable bonds is 1. The lowest BCUT2D eigenvalue weighted by atomic mass is 10.3. The zero-order valence-corrected chi connectivity index (χ0v) is 8.85. The maximum absolute atomic E-state index is 5.57. The molecule has 0 fully saturated rings. The van der Waals surface area contributed by atoms with E-state index in [1.165, 1.54) is 0 Å². The standard InChI is InChI=1S/C6H10N2S.2ClH/c1-4(7)6-3-9-5(2)8-6;;/h3-4H,7H2,1-2H3;2*1H/t4-;;/m0../s1. The maximum Gasteiger partial charge on any atom is 0.0898 e. The van der Waals surface area contributed by atoms with E-state index in [9.17, 15) is 0 Å². The summed E-state index contributed by atoms with van der Waals surface area (Å²) in [5.41, 5.74) is 6.57. The molecule has 2 N–H and O–H groups in total. The van der Waals surface area contributed by atoms with Gasteiger partial charge in [0, 0.05) is 11.4 Å². The molecule has 0 saturated carbocycles. The van der Waals surface area contributed by atoms with Gasteiger partial charge < -0.3 is 5.73 Å². The van der Waals surface area contributed by atoms with Gasteiger partial charge in [-0.25, -0.2) is 4.98 Å². The van der Waals surface area contributed by atoms with Gasteiger partial charge in [0.15, 0.2) is 0 Å². The molecule has 5 heteroatoms. The minimum Gasteiger partial charge on any atom is -0.323 e. The SMILES string of the molecule is Cc1nc([C@H](C)N)cs1.Cl.Cl. The second-order valence-electron chi connectivity index (χ2n) is 2.08. The van der Waals surface area contributed by atoms with Crippen LogP contribution in [0.1, 0.15) is 23.7 Å². The van der Waals surface area contributed by atoms with Crippen molar-refractivity contribution in [2.45, 2.75) is 19.9 Å². The molecule has 0 aliphatic rings. The molecule has 1 rings (SSSR count). The van der Waals surface area contributed by atoms with Crippen molar-refractivity contribution in [3.8, 4) is 0 Å². The summed E-state index contributed by atoms with van der Waals surface area (Å²) in [5.74, 6) is 0. The Morgan fingerprint density at radius 2 is 2.09 bits per heavy atom. The third kappa shape index (κ3) is 3.91. The van der Waals surface area contributed by atoms with Crippen molar-refractivity contribution in [2.24, 2.45) is 5.73 Å². The first-order valence-corrected chi connectivity index (χ1v) is 3.75. The Kier molecular flexibility index (Phi) is 7.21. The highest BCUT2D eigenvalue weighted by molar-refractivity contribution is 7.09. The number of aryl methyl sites for hydroxylation is 1. The first kappa shape index (κ1) is 13.7. The van der Waals surface area contributed by atoms with Gasteiger partial charge in [-0.3, -0.25) is 0 Å². The molecule has 1 heterocycles. The van der Waals surface area contributed by atoms with Crippen molar-refractivity contribution in [2.75, 3.05) is 0 Å².